The van der Waals surface area contributed by atoms with E-state index in [4.69, 9.17) is 16.3 Å². The number of ether oxygens (including phenoxy) is 1. The lowest BCUT2D eigenvalue weighted by molar-refractivity contribution is -0.173. The van der Waals surface area contributed by atoms with Gasteiger partial charge >= 0.3 is 0 Å². The molecule has 0 unspecified atom stereocenters. The Bertz CT molecular complexity index is 1530. The minimum absolute atomic E-state index is 0.0329. The zero-order valence-corrected chi connectivity index (χ0v) is 20.4. The van der Waals surface area contributed by atoms with Crippen molar-refractivity contribution in [2.45, 2.75) is 5.60 Å². The Balaban J connectivity index is 1.46. The summed E-state index contributed by atoms with van der Waals surface area (Å²) in [6.45, 7) is 0.176. The number of halogens is 3. The molecule has 0 radical (unpaired) electrons. The molecule has 1 aliphatic heterocycles. The van der Waals surface area contributed by atoms with E-state index >= 15 is 0 Å². The molecule has 2 aromatic heterocycles. The van der Waals surface area contributed by atoms with E-state index in [1.807, 2.05) is 0 Å². The smallest absolute Gasteiger partial charge is 0.271 e. The maximum absolute atomic E-state index is 14.6. The summed E-state index contributed by atoms with van der Waals surface area (Å²) in [6.07, 6.45) is 1.30. The van der Waals surface area contributed by atoms with E-state index in [-0.39, 0.29) is 53.1 Å². The maximum atomic E-state index is 14.6. The highest BCUT2D eigenvalue weighted by Gasteiger charge is 2.36. The summed E-state index contributed by atoms with van der Waals surface area (Å²) in [7, 11) is 0. The van der Waals surface area contributed by atoms with E-state index in [0.29, 0.717) is 5.69 Å². The monoisotopic (exact) mass is 539 g/mol. The molecule has 0 saturated carbocycles. The van der Waals surface area contributed by atoms with Gasteiger partial charge in [0.2, 0.25) is 0 Å². The second-order valence-corrected chi connectivity index (χ2v) is 9.07. The first kappa shape index (κ1) is 25.5. The zero-order chi connectivity index (χ0) is 26.9. The van der Waals surface area contributed by atoms with Gasteiger partial charge in [0, 0.05) is 17.8 Å². The largest absolute Gasteiger partial charge is 0.383 e. The normalized spacial score (nSPS) is 14.0. The number of anilines is 1. The summed E-state index contributed by atoms with van der Waals surface area (Å²) >= 11 is 6.17. The van der Waals surface area contributed by atoms with Gasteiger partial charge in [-0.2, -0.15) is 5.10 Å². The highest BCUT2D eigenvalue weighted by atomic mass is 35.5. The number of rotatable bonds is 7. The van der Waals surface area contributed by atoms with Crippen molar-refractivity contribution in [3.63, 3.8) is 0 Å². The summed E-state index contributed by atoms with van der Waals surface area (Å²) in [6, 6.07) is 14.6. The van der Waals surface area contributed by atoms with Crippen LogP contribution in [-0.4, -0.2) is 57.0 Å². The fraction of sp³-hybridized carbons (Fsp3) is 0.154. The summed E-state index contributed by atoms with van der Waals surface area (Å²) in [4.78, 5) is 29.9. The van der Waals surface area contributed by atoms with Crippen molar-refractivity contribution in [2.24, 2.45) is 0 Å². The van der Waals surface area contributed by atoms with Gasteiger partial charge in [-0.1, -0.05) is 29.8 Å². The van der Waals surface area contributed by atoms with Gasteiger partial charge in [-0.25, -0.2) is 13.5 Å². The fourth-order valence-corrected chi connectivity index (χ4v) is 4.03. The number of aromatic nitrogens is 3. The van der Waals surface area contributed by atoms with Crippen LogP contribution in [0.1, 0.15) is 20.8 Å². The van der Waals surface area contributed by atoms with Crippen molar-refractivity contribution in [3.8, 4) is 16.9 Å². The van der Waals surface area contributed by atoms with Crippen molar-refractivity contribution in [2.75, 3.05) is 25.1 Å². The standard InChI is InChI=1S/C26H20ClF2N5O4/c27-18-10-20(29)17(23-19(28)7-4-8-30-23)9-16(18)24(35)32-22-11-21(25(36)31-12-26(37)13-38-14-26)33-34(22)15-5-2-1-3-6-15/h1-11,37H,12-14H2,(H,31,36)(H,32,35). The molecule has 0 bridgehead atoms. The van der Waals surface area contributed by atoms with E-state index in [1.54, 1.807) is 30.3 Å². The molecular formula is C26H20ClF2N5O4. The van der Waals surface area contributed by atoms with E-state index < -0.39 is 29.0 Å². The van der Waals surface area contributed by atoms with Gasteiger partial charge in [-0.3, -0.25) is 14.6 Å². The molecule has 1 saturated heterocycles. The molecule has 3 heterocycles. The Kier molecular flexibility index (Phi) is 6.89. The molecule has 5 rings (SSSR count). The van der Waals surface area contributed by atoms with E-state index in [2.05, 4.69) is 20.7 Å². The summed E-state index contributed by atoms with van der Waals surface area (Å²) < 4.78 is 35.2. The topological polar surface area (TPSA) is 118 Å². The summed E-state index contributed by atoms with van der Waals surface area (Å²) in [5.74, 6) is -2.84. The van der Waals surface area contributed by atoms with Gasteiger partial charge in [-0.05, 0) is 36.4 Å². The number of aliphatic hydroxyl groups is 1. The van der Waals surface area contributed by atoms with Gasteiger partial charge in [0.25, 0.3) is 11.8 Å². The quantitative estimate of drug-likeness (QED) is 0.330. The zero-order valence-electron chi connectivity index (χ0n) is 19.6. The molecule has 2 amide bonds. The number of benzene rings is 2. The minimum atomic E-state index is -1.14. The first-order valence-corrected chi connectivity index (χ1v) is 11.8. The molecule has 12 heteroatoms. The number of carbonyl (C=O) groups is 2. The number of carbonyl (C=O) groups excluding carboxylic acids is 2. The number of hydrogen-bond donors (Lipinski definition) is 3. The molecule has 38 heavy (non-hydrogen) atoms. The van der Waals surface area contributed by atoms with Crippen LogP contribution < -0.4 is 10.6 Å². The molecule has 0 aliphatic carbocycles. The Morgan fingerprint density at radius 3 is 2.50 bits per heavy atom. The van der Waals surface area contributed by atoms with Crippen LogP contribution in [0.25, 0.3) is 16.9 Å². The Morgan fingerprint density at radius 1 is 1.05 bits per heavy atom. The van der Waals surface area contributed by atoms with Gasteiger partial charge < -0.3 is 20.5 Å². The third-order valence-electron chi connectivity index (χ3n) is 5.82. The minimum Gasteiger partial charge on any atom is -0.383 e. The van der Waals surface area contributed by atoms with Crippen LogP contribution in [0.15, 0.2) is 66.9 Å². The van der Waals surface area contributed by atoms with Crippen LogP contribution in [0, 0.1) is 11.6 Å². The molecule has 1 fully saturated rings. The van der Waals surface area contributed by atoms with Crippen LogP contribution in [0.3, 0.4) is 0 Å². The fourth-order valence-electron chi connectivity index (χ4n) is 3.79. The van der Waals surface area contributed by atoms with Crippen LogP contribution in [0.5, 0.6) is 0 Å². The molecule has 1 aliphatic rings. The maximum Gasteiger partial charge on any atom is 0.271 e. The van der Waals surface area contributed by atoms with Crippen LogP contribution in [0.4, 0.5) is 14.6 Å². The highest BCUT2D eigenvalue weighted by molar-refractivity contribution is 6.34. The van der Waals surface area contributed by atoms with E-state index in [0.717, 1.165) is 18.2 Å². The molecule has 0 spiro atoms. The van der Waals surface area contributed by atoms with Crippen LogP contribution in [0.2, 0.25) is 5.02 Å². The van der Waals surface area contributed by atoms with Crippen molar-refractivity contribution in [3.05, 3.63) is 94.8 Å². The molecule has 3 N–H and O–H groups in total. The van der Waals surface area contributed by atoms with Gasteiger partial charge in [0.1, 0.15) is 28.7 Å². The predicted octanol–water partition coefficient (Wildman–Crippen LogP) is 3.61. The second kappa shape index (κ2) is 10.3. The van der Waals surface area contributed by atoms with Gasteiger partial charge in [-0.15, -0.1) is 0 Å². The SMILES string of the molecule is O=C(NCC1(O)COC1)c1cc(NC(=O)c2cc(-c3ncccc3F)c(F)cc2Cl)n(-c2ccccc2)n1. The molecule has 4 aromatic rings. The summed E-state index contributed by atoms with van der Waals surface area (Å²) in [5, 5.41) is 19.5. The summed E-state index contributed by atoms with van der Waals surface area (Å²) in [5.41, 5.74) is -1.30. The molecule has 9 nitrogen and oxygen atoms in total. The molecular weight excluding hydrogens is 520 g/mol. The van der Waals surface area contributed by atoms with Crippen LogP contribution >= 0.6 is 11.6 Å². The van der Waals surface area contributed by atoms with Gasteiger partial charge in [0.05, 0.1) is 36.0 Å². The Labute approximate surface area is 220 Å². The number of para-hydroxylation sites is 1. The number of amides is 2. The third-order valence-corrected chi connectivity index (χ3v) is 6.13. The number of hydrogen-bond acceptors (Lipinski definition) is 6. The average Bonchev–Trinajstić information content (AvgIpc) is 3.31. The number of nitrogens with zero attached hydrogens (tertiary/aromatic N) is 3. The average molecular weight is 540 g/mol. The van der Waals surface area contributed by atoms with Crippen molar-refractivity contribution < 1.29 is 28.2 Å². The van der Waals surface area contributed by atoms with Crippen molar-refractivity contribution in [1.29, 1.82) is 0 Å². The van der Waals surface area contributed by atoms with E-state index in [1.165, 1.54) is 23.0 Å². The Hall–Kier alpha value is -4.19. The lowest BCUT2D eigenvalue weighted by Gasteiger charge is -2.36. The van der Waals surface area contributed by atoms with Crippen LogP contribution in [-0.2, 0) is 4.74 Å². The number of pyridine rings is 1. The second-order valence-electron chi connectivity index (χ2n) is 8.66. The molecule has 0 atom stereocenters. The first-order chi connectivity index (χ1) is 18.2. The lowest BCUT2D eigenvalue weighted by atomic mass is 10.0. The first-order valence-electron chi connectivity index (χ1n) is 11.4. The molecule has 2 aromatic carbocycles. The molecule has 194 valence electrons. The predicted molar refractivity (Wildman–Crippen MR) is 134 cm³/mol. The van der Waals surface area contributed by atoms with Crippen molar-refractivity contribution in [1.82, 2.24) is 20.1 Å². The number of nitrogens with one attached hydrogen (secondary N) is 2. The third kappa shape index (κ3) is 5.12. The van der Waals surface area contributed by atoms with Gasteiger partial charge in [0.15, 0.2) is 5.69 Å². The lowest BCUT2D eigenvalue weighted by Crippen LogP contribution is -2.57. The Morgan fingerprint density at radius 2 is 1.82 bits per heavy atom. The van der Waals surface area contributed by atoms with E-state index in [9.17, 15) is 23.5 Å². The highest BCUT2D eigenvalue weighted by Crippen LogP contribution is 2.30. The van der Waals surface area contributed by atoms with Crippen molar-refractivity contribution >= 4 is 29.2 Å².